The van der Waals surface area contributed by atoms with Crippen LogP contribution in [0.25, 0.3) is 0 Å². The second-order valence-electron chi connectivity index (χ2n) is 4.91. The molecule has 0 aliphatic carbocycles. The molecule has 0 saturated carbocycles. The fraction of sp³-hybridized carbons (Fsp3) is 0.312. The molecule has 3 nitrogen and oxygen atoms in total. The minimum atomic E-state index is 0.494. The summed E-state index contributed by atoms with van der Waals surface area (Å²) in [7, 11) is 1.84. The first-order valence-electron chi connectivity index (χ1n) is 6.52. The molecule has 1 aromatic heterocycles. The minimum absolute atomic E-state index is 0.494. The summed E-state index contributed by atoms with van der Waals surface area (Å²) in [6, 6.07) is 10.1. The van der Waals surface area contributed by atoms with E-state index in [1.807, 2.05) is 19.2 Å². The number of rotatable bonds is 4. The Morgan fingerprint density at radius 2 is 1.95 bits per heavy atom. The van der Waals surface area contributed by atoms with E-state index in [0.29, 0.717) is 5.92 Å². The molecule has 2 aromatic rings. The SMILES string of the molecule is CNc1cc(Oc2cc(C(C)C)ccc2C)ccn1. The molecule has 1 heterocycles. The average Bonchev–Trinajstić information content (AvgIpc) is 2.41. The van der Waals surface area contributed by atoms with Gasteiger partial charge in [-0.15, -0.1) is 0 Å². The number of nitrogens with one attached hydrogen (secondary N) is 1. The summed E-state index contributed by atoms with van der Waals surface area (Å²) < 4.78 is 5.96. The van der Waals surface area contributed by atoms with Crippen LogP contribution in [0.15, 0.2) is 36.5 Å². The third-order valence-corrected chi connectivity index (χ3v) is 3.09. The molecule has 0 aliphatic heterocycles. The maximum Gasteiger partial charge on any atom is 0.132 e. The Labute approximate surface area is 114 Å². The zero-order valence-corrected chi connectivity index (χ0v) is 11.9. The molecule has 100 valence electrons. The minimum Gasteiger partial charge on any atom is -0.457 e. The second-order valence-corrected chi connectivity index (χ2v) is 4.91. The Bertz CT molecular complexity index is 564. The number of nitrogens with zero attached hydrogens (tertiary/aromatic N) is 1. The standard InChI is InChI=1S/C16H20N2O/c1-11(2)13-6-5-12(3)15(9-13)19-14-7-8-18-16(10-14)17-4/h5-11H,1-4H3,(H,17,18). The Hall–Kier alpha value is -2.03. The molecule has 19 heavy (non-hydrogen) atoms. The third kappa shape index (κ3) is 3.25. The number of aromatic nitrogens is 1. The van der Waals surface area contributed by atoms with Crippen molar-refractivity contribution in [3.05, 3.63) is 47.7 Å². The van der Waals surface area contributed by atoms with Crippen LogP contribution < -0.4 is 10.1 Å². The normalized spacial score (nSPS) is 10.6. The maximum absolute atomic E-state index is 5.96. The summed E-state index contributed by atoms with van der Waals surface area (Å²) in [6.45, 7) is 6.42. The van der Waals surface area contributed by atoms with Crippen molar-refractivity contribution in [3.8, 4) is 11.5 Å². The van der Waals surface area contributed by atoms with Gasteiger partial charge in [0.1, 0.15) is 17.3 Å². The summed E-state index contributed by atoms with van der Waals surface area (Å²) >= 11 is 0. The molecule has 0 saturated heterocycles. The lowest BCUT2D eigenvalue weighted by molar-refractivity contribution is 0.477. The molecule has 0 spiro atoms. The fourth-order valence-electron chi connectivity index (χ4n) is 1.82. The van der Waals surface area contributed by atoms with Crippen LogP contribution in [0, 0.1) is 6.92 Å². The van der Waals surface area contributed by atoms with E-state index in [-0.39, 0.29) is 0 Å². The third-order valence-electron chi connectivity index (χ3n) is 3.09. The molecule has 3 heteroatoms. The van der Waals surface area contributed by atoms with Crippen molar-refractivity contribution in [2.75, 3.05) is 12.4 Å². The molecular formula is C16H20N2O. The number of hydrogen-bond donors (Lipinski definition) is 1. The van der Waals surface area contributed by atoms with E-state index in [1.165, 1.54) is 5.56 Å². The van der Waals surface area contributed by atoms with E-state index in [9.17, 15) is 0 Å². The van der Waals surface area contributed by atoms with Crippen LogP contribution in [0.4, 0.5) is 5.82 Å². The molecule has 2 rings (SSSR count). The highest BCUT2D eigenvalue weighted by Gasteiger charge is 2.06. The molecule has 0 bridgehead atoms. The van der Waals surface area contributed by atoms with Gasteiger partial charge in [0.2, 0.25) is 0 Å². The van der Waals surface area contributed by atoms with E-state index < -0.39 is 0 Å². The Balaban J connectivity index is 2.29. The van der Waals surface area contributed by atoms with Gasteiger partial charge in [0.15, 0.2) is 0 Å². The smallest absolute Gasteiger partial charge is 0.132 e. The molecule has 0 amide bonds. The van der Waals surface area contributed by atoms with Crippen molar-refractivity contribution < 1.29 is 4.74 Å². The highest BCUT2D eigenvalue weighted by Crippen LogP contribution is 2.29. The van der Waals surface area contributed by atoms with Crippen molar-refractivity contribution in [1.82, 2.24) is 4.98 Å². The van der Waals surface area contributed by atoms with Gasteiger partial charge in [-0.05, 0) is 36.1 Å². The fourth-order valence-corrected chi connectivity index (χ4v) is 1.82. The van der Waals surface area contributed by atoms with Gasteiger partial charge in [0, 0.05) is 19.3 Å². The van der Waals surface area contributed by atoms with Crippen molar-refractivity contribution in [2.24, 2.45) is 0 Å². The highest BCUT2D eigenvalue weighted by atomic mass is 16.5. The van der Waals surface area contributed by atoms with Crippen molar-refractivity contribution in [2.45, 2.75) is 26.7 Å². The van der Waals surface area contributed by atoms with Gasteiger partial charge in [0.25, 0.3) is 0 Å². The van der Waals surface area contributed by atoms with Gasteiger partial charge in [-0.2, -0.15) is 0 Å². The van der Waals surface area contributed by atoms with Crippen LogP contribution in [0.2, 0.25) is 0 Å². The summed E-state index contributed by atoms with van der Waals surface area (Å²) in [5, 5.41) is 3.01. The number of anilines is 1. The lowest BCUT2D eigenvalue weighted by atomic mass is 10.0. The monoisotopic (exact) mass is 256 g/mol. The topological polar surface area (TPSA) is 34.1 Å². The maximum atomic E-state index is 5.96. The van der Waals surface area contributed by atoms with Crippen molar-refractivity contribution in [1.29, 1.82) is 0 Å². The number of pyridine rings is 1. The zero-order chi connectivity index (χ0) is 13.8. The average molecular weight is 256 g/mol. The van der Waals surface area contributed by atoms with Crippen molar-refractivity contribution in [3.63, 3.8) is 0 Å². The van der Waals surface area contributed by atoms with E-state index in [2.05, 4.69) is 49.3 Å². The van der Waals surface area contributed by atoms with E-state index >= 15 is 0 Å². The molecule has 1 N–H and O–H groups in total. The first-order chi connectivity index (χ1) is 9.10. The molecular weight excluding hydrogens is 236 g/mol. The summed E-state index contributed by atoms with van der Waals surface area (Å²) in [6.07, 6.45) is 1.74. The summed E-state index contributed by atoms with van der Waals surface area (Å²) in [4.78, 5) is 4.18. The van der Waals surface area contributed by atoms with Crippen LogP contribution in [0.1, 0.15) is 30.9 Å². The van der Waals surface area contributed by atoms with Gasteiger partial charge in [-0.3, -0.25) is 0 Å². The van der Waals surface area contributed by atoms with E-state index in [4.69, 9.17) is 4.74 Å². The molecule has 0 fully saturated rings. The van der Waals surface area contributed by atoms with Gasteiger partial charge >= 0.3 is 0 Å². The molecule has 0 radical (unpaired) electrons. The number of benzene rings is 1. The second kappa shape index (κ2) is 5.74. The molecule has 0 unspecified atom stereocenters. The number of aryl methyl sites for hydroxylation is 1. The van der Waals surface area contributed by atoms with Gasteiger partial charge < -0.3 is 10.1 Å². The zero-order valence-electron chi connectivity index (χ0n) is 11.9. The Morgan fingerprint density at radius 1 is 1.16 bits per heavy atom. The quantitative estimate of drug-likeness (QED) is 0.883. The van der Waals surface area contributed by atoms with Crippen LogP contribution in [-0.2, 0) is 0 Å². The van der Waals surface area contributed by atoms with Gasteiger partial charge in [-0.1, -0.05) is 26.0 Å². The summed E-state index contributed by atoms with van der Waals surface area (Å²) in [5.74, 6) is 2.99. The van der Waals surface area contributed by atoms with Crippen LogP contribution in [0.3, 0.4) is 0 Å². The molecule has 1 aromatic carbocycles. The highest BCUT2D eigenvalue weighted by molar-refractivity contribution is 5.44. The van der Waals surface area contributed by atoms with Crippen LogP contribution in [0.5, 0.6) is 11.5 Å². The van der Waals surface area contributed by atoms with Gasteiger partial charge in [-0.25, -0.2) is 4.98 Å². The Morgan fingerprint density at radius 3 is 2.63 bits per heavy atom. The Kier molecular flexibility index (Phi) is 4.05. The number of ether oxygens (including phenoxy) is 1. The van der Waals surface area contributed by atoms with Crippen molar-refractivity contribution >= 4 is 5.82 Å². The first-order valence-corrected chi connectivity index (χ1v) is 6.52. The predicted octanol–water partition coefficient (Wildman–Crippen LogP) is 4.35. The van der Waals surface area contributed by atoms with E-state index in [1.54, 1.807) is 6.20 Å². The lowest BCUT2D eigenvalue weighted by Gasteiger charge is -2.13. The predicted molar refractivity (Wildman–Crippen MR) is 79.1 cm³/mol. The lowest BCUT2D eigenvalue weighted by Crippen LogP contribution is -1.95. The van der Waals surface area contributed by atoms with E-state index in [0.717, 1.165) is 22.9 Å². The largest absolute Gasteiger partial charge is 0.457 e. The van der Waals surface area contributed by atoms with Crippen LogP contribution >= 0.6 is 0 Å². The first kappa shape index (κ1) is 13.4. The molecule has 0 atom stereocenters. The van der Waals surface area contributed by atoms with Crippen LogP contribution in [-0.4, -0.2) is 12.0 Å². The molecule has 0 aliphatic rings. The van der Waals surface area contributed by atoms with Gasteiger partial charge in [0.05, 0.1) is 0 Å². The number of hydrogen-bond acceptors (Lipinski definition) is 3. The summed E-state index contributed by atoms with van der Waals surface area (Å²) in [5.41, 5.74) is 2.41.